The second kappa shape index (κ2) is 15.9. The molecule has 3 atom stereocenters. The van der Waals surface area contributed by atoms with Crippen molar-refractivity contribution in [3.63, 3.8) is 0 Å². The van der Waals surface area contributed by atoms with Gasteiger partial charge in [0.2, 0.25) is 10.2 Å². The number of carboxylic acids is 1. The van der Waals surface area contributed by atoms with E-state index in [1.54, 1.807) is 12.2 Å². The summed E-state index contributed by atoms with van der Waals surface area (Å²) in [5, 5.41) is 9.67. The second-order valence-electron chi connectivity index (χ2n) is 5.76. The van der Waals surface area contributed by atoms with E-state index >= 15 is 0 Å². The summed E-state index contributed by atoms with van der Waals surface area (Å²) < 4.78 is 11.8. The Labute approximate surface area is 176 Å². The highest BCUT2D eigenvalue weighted by molar-refractivity contribution is 8.13. The molecule has 8 nitrogen and oxygen atoms in total. The van der Waals surface area contributed by atoms with Crippen LogP contribution in [0, 0.1) is 0 Å². The summed E-state index contributed by atoms with van der Waals surface area (Å²) in [7, 11) is -2.29. The zero-order valence-electron chi connectivity index (χ0n) is 15.7. The quantitative estimate of drug-likeness (QED) is 0.251. The van der Waals surface area contributed by atoms with Crippen LogP contribution in [0.2, 0.25) is 0 Å². The molecule has 0 aromatic carbocycles. The van der Waals surface area contributed by atoms with Gasteiger partial charge in [-0.2, -0.15) is 23.5 Å². The Kier molecular flexibility index (Phi) is 15.3. The molecule has 0 radical (unpaired) electrons. The highest BCUT2D eigenvalue weighted by Gasteiger charge is 2.29. The molecule has 0 aromatic heterocycles. The van der Waals surface area contributed by atoms with Crippen molar-refractivity contribution in [1.82, 2.24) is 5.32 Å². The molecule has 6 N–H and O–H groups in total. The average molecular weight is 452 g/mol. The smallest absolute Gasteiger partial charge is 0.320 e. The molecule has 1 saturated heterocycles. The lowest BCUT2D eigenvalue weighted by Crippen LogP contribution is -2.43. The van der Waals surface area contributed by atoms with E-state index in [9.17, 15) is 18.6 Å². The van der Waals surface area contributed by atoms with Gasteiger partial charge in [0.1, 0.15) is 6.04 Å². The largest absolute Gasteiger partial charge is 0.480 e. The van der Waals surface area contributed by atoms with Crippen molar-refractivity contribution < 1.29 is 23.7 Å². The molecule has 0 aliphatic carbocycles. The Hall–Kier alpha value is -0.980. The van der Waals surface area contributed by atoms with Gasteiger partial charge in [-0.05, 0) is 19.4 Å². The maximum absolute atomic E-state index is 11.8. The molecule has 1 fully saturated rings. The minimum absolute atomic E-state index is 0.269. The molecule has 28 heavy (non-hydrogen) atoms. The van der Waals surface area contributed by atoms with Gasteiger partial charge in [-0.15, -0.1) is 13.2 Å². The molecule has 0 unspecified atom stereocenters. The van der Waals surface area contributed by atoms with E-state index in [1.165, 1.54) is 23.5 Å². The maximum Gasteiger partial charge on any atom is 0.320 e. The minimum atomic E-state index is -2.29. The molecule has 0 amide bonds. The summed E-state index contributed by atoms with van der Waals surface area (Å²) in [6.07, 6.45) is 5.14. The maximum atomic E-state index is 11.8. The van der Waals surface area contributed by atoms with Gasteiger partial charge in [0.25, 0.3) is 0 Å². The van der Waals surface area contributed by atoms with Crippen LogP contribution < -0.4 is 16.8 Å². The highest BCUT2D eigenvalue weighted by Crippen LogP contribution is 2.08. The van der Waals surface area contributed by atoms with Crippen molar-refractivity contribution in [2.45, 2.75) is 31.0 Å². The van der Waals surface area contributed by atoms with E-state index in [0.717, 1.165) is 19.4 Å². The van der Waals surface area contributed by atoms with Crippen LogP contribution in [-0.4, -0.2) is 73.2 Å². The number of carbonyl (C=O) groups excluding carboxylic acids is 2. The van der Waals surface area contributed by atoms with Crippen molar-refractivity contribution in [2.75, 3.05) is 29.6 Å². The lowest BCUT2D eigenvalue weighted by molar-refractivity contribution is -0.139. The third-order valence-electron chi connectivity index (χ3n) is 3.40. The number of hydrogen-bond donors (Lipinski definition) is 4. The molecule has 1 aliphatic rings. The van der Waals surface area contributed by atoms with Crippen LogP contribution in [0.5, 0.6) is 0 Å². The van der Waals surface area contributed by atoms with Crippen LogP contribution in [0.15, 0.2) is 25.3 Å². The standard InChI is InChI=1S/C12H20N2O3S3.C5H9NO2/c1-3-5-18-7-9(13)11(15)20(17)12(16)10(14)8-19-6-4-2;7-5(8)4-2-1-3-6-4/h3-4,9-10H,1-2,5-8,13-14H2;4,6H,1-3H2,(H,7,8)/t9-,10-;4-/m00/s1. The van der Waals surface area contributed by atoms with E-state index in [4.69, 9.17) is 16.6 Å². The number of nitrogens with one attached hydrogen (secondary N) is 1. The molecular formula is C17H29N3O5S3. The highest BCUT2D eigenvalue weighted by atomic mass is 32.2. The molecule has 0 spiro atoms. The van der Waals surface area contributed by atoms with E-state index < -0.39 is 39.1 Å². The topological polar surface area (TPSA) is 153 Å². The fourth-order valence-electron chi connectivity index (χ4n) is 1.96. The number of nitrogens with two attached hydrogens (primary N) is 2. The van der Waals surface area contributed by atoms with Gasteiger partial charge < -0.3 is 21.9 Å². The Morgan fingerprint density at radius 1 is 1.11 bits per heavy atom. The van der Waals surface area contributed by atoms with Gasteiger partial charge in [-0.3, -0.25) is 14.4 Å². The van der Waals surface area contributed by atoms with Gasteiger partial charge in [0.15, 0.2) is 10.8 Å². The van der Waals surface area contributed by atoms with Crippen molar-refractivity contribution in [2.24, 2.45) is 11.5 Å². The van der Waals surface area contributed by atoms with Gasteiger partial charge in [0.05, 0.1) is 12.1 Å². The molecule has 1 aliphatic heterocycles. The molecule has 0 saturated carbocycles. The number of carbonyl (C=O) groups is 3. The minimum Gasteiger partial charge on any atom is -0.480 e. The van der Waals surface area contributed by atoms with E-state index in [0.29, 0.717) is 23.0 Å². The molecule has 0 bridgehead atoms. The van der Waals surface area contributed by atoms with E-state index in [2.05, 4.69) is 18.5 Å². The lowest BCUT2D eigenvalue weighted by atomic mass is 10.2. The lowest BCUT2D eigenvalue weighted by Gasteiger charge is -2.11. The first-order valence-corrected chi connectivity index (χ1v) is 12.1. The molecule has 1 rings (SSSR count). The SMILES string of the molecule is C=CCSC[C@H](N)C(=O)S(=O)C(=O)[C@@H](N)CSCC=C.O=C(O)[C@@H]1CCCN1. The third kappa shape index (κ3) is 11.1. The first kappa shape index (κ1) is 27.0. The van der Waals surface area contributed by atoms with Crippen LogP contribution in [-0.2, 0) is 25.2 Å². The number of hydrogen-bond acceptors (Lipinski definition) is 9. The Bertz CT molecular complexity index is 534. The number of carboxylic acid groups (broad SMARTS) is 1. The monoisotopic (exact) mass is 451 g/mol. The Morgan fingerprint density at radius 3 is 1.86 bits per heavy atom. The fraction of sp³-hybridized carbons (Fsp3) is 0.588. The van der Waals surface area contributed by atoms with Crippen LogP contribution in [0.25, 0.3) is 0 Å². The summed E-state index contributed by atoms with van der Waals surface area (Å²) in [5.41, 5.74) is 11.2. The summed E-state index contributed by atoms with van der Waals surface area (Å²) >= 11 is 2.78. The number of aliphatic carboxylic acids is 1. The van der Waals surface area contributed by atoms with Crippen LogP contribution in [0.4, 0.5) is 0 Å². The third-order valence-corrected chi connectivity index (χ3v) is 6.86. The molecular weight excluding hydrogens is 422 g/mol. The first-order chi connectivity index (χ1) is 13.3. The summed E-state index contributed by atoms with van der Waals surface area (Å²) in [6.45, 7) is 7.93. The van der Waals surface area contributed by atoms with E-state index in [-0.39, 0.29) is 6.04 Å². The fourth-order valence-corrected chi connectivity index (χ4v) is 4.50. The van der Waals surface area contributed by atoms with Crippen LogP contribution >= 0.6 is 23.5 Å². The molecule has 1 heterocycles. The van der Waals surface area contributed by atoms with Crippen LogP contribution in [0.1, 0.15) is 12.8 Å². The molecule has 160 valence electrons. The average Bonchev–Trinajstić information content (AvgIpc) is 3.22. The number of rotatable bonds is 11. The van der Waals surface area contributed by atoms with Crippen LogP contribution in [0.3, 0.4) is 0 Å². The van der Waals surface area contributed by atoms with Crippen molar-refractivity contribution in [3.8, 4) is 0 Å². The first-order valence-electron chi connectivity index (χ1n) is 8.60. The summed E-state index contributed by atoms with van der Waals surface area (Å²) in [5.74, 6) is 1.15. The number of thioether (sulfide) groups is 2. The predicted octanol–water partition coefficient (Wildman–Crippen LogP) is 0.104. The van der Waals surface area contributed by atoms with Gasteiger partial charge in [0, 0.05) is 23.0 Å². The van der Waals surface area contributed by atoms with Gasteiger partial charge in [-0.1, -0.05) is 12.2 Å². The second-order valence-corrected chi connectivity index (χ2v) is 9.25. The Balaban J connectivity index is 0.000000749. The predicted molar refractivity (Wildman–Crippen MR) is 118 cm³/mol. The summed E-state index contributed by atoms with van der Waals surface area (Å²) in [4.78, 5) is 33.6. The van der Waals surface area contributed by atoms with Crippen molar-refractivity contribution in [3.05, 3.63) is 25.3 Å². The summed E-state index contributed by atoms with van der Waals surface area (Å²) in [6, 6.07) is -2.13. The van der Waals surface area contributed by atoms with Crippen molar-refractivity contribution >= 4 is 50.5 Å². The zero-order valence-corrected chi connectivity index (χ0v) is 18.2. The van der Waals surface area contributed by atoms with Gasteiger partial charge in [-0.25, -0.2) is 4.21 Å². The Morgan fingerprint density at radius 2 is 1.57 bits per heavy atom. The van der Waals surface area contributed by atoms with Gasteiger partial charge >= 0.3 is 5.97 Å². The zero-order chi connectivity index (χ0) is 21.5. The van der Waals surface area contributed by atoms with E-state index in [1.807, 2.05) is 0 Å². The molecule has 11 heteroatoms. The molecule has 0 aromatic rings. The van der Waals surface area contributed by atoms with Crippen molar-refractivity contribution in [1.29, 1.82) is 0 Å². The normalized spacial score (nSPS) is 17.9.